The minimum Gasteiger partial charge on any atom is -0.382 e. The van der Waals surface area contributed by atoms with E-state index < -0.39 is 11.7 Å². The summed E-state index contributed by atoms with van der Waals surface area (Å²) in [6.07, 6.45) is -4.43. The summed E-state index contributed by atoms with van der Waals surface area (Å²) in [5.41, 5.74) is 4.55. The fraction of sp³-hybridized carbons (Fsp3) is 0.125. The Morgan fingerprint density at radius 3 is 2.60 bits per heavy atom. The van der Waals surface area contributed by atoms with Gasteiger partial charge in [0.25, 0.3) is 0 Å². The lowest BCUT2D eigenvalue weighted by atomic mass is 10.1. The minimum atomic E-state index is -4.43. The van der Waals surface area contributed by atoms with Gasteiger partial charge in [0, 0.05) is 9.86 Å². The molecule has 0 bridgehead atoms. The lowest BCUT2D eigenvalue weighted by Crippen LogP contribution is -2.05. The van der Waals surface area contributed by atoms with Crippen molar-refractivity contribution in [3.8, 4) is 0 Å². The molecular formula is C8H5BrF3N3. The van der Waals surface area contributed by atoms with E-state index in [1.54, 1.807) is 0 Å². The fourth-order valence-corrected chi connectivity index (χ4v) is 1.79. The molecule has 0 aliphatic rings. The van der Waals surface area contributed by atoms with E-state index in [-0.39, 0.29) is 16.7 Å². The Labute approximate surface area is 90.6 Å². The molecule has 15 heavy (non-hydrogen) atoms. The monoisotopic (exact) mass is 279 g/mol. The normalized spacial score (nSPS) is 12.3. The average Bonchev–Trinajstić information content (AvgIpc) is 2.45. The van der Waals surface area contributed by atoms with E-state index in [0.29, 0.717) is 4.47 Å². The van der Waals surface area contributed by atoms with Crippen molar-refractivity contribution in [2.45, 2.75) is 6.18 Å². The number of benzene rings is 1. The Hall–Kier alpha value is -1.24. The molecule has 0 fully saturated rings. The molecule has 2 rings (SSSR count). The maximum absolute atomic E-state index is 12.6. The molecule has 0 saturated heterocycles. The van der Waals surface area contributed by atoms with Crippen LogP contribution in [0.1, 0.15) is 5.56 Å². The number of nitrogens with two attached hydrogens (primary N) is 1. The van der Waals surface area contributed by atoms with E-state index >= 15 is 0 Å². The van der Waals surface area contributed by atoms with Crippen molar-refractivity contribution in [1.82, 2.24) is 10.2 Å². The number of hydrogen-bond acceptors (Lipinski definition) is 2. The molecule has 0 atom stereocenters. The molecule has 0 unspecified atom stereocenters. The first-order chi connectivity index (χ1) is 6.89. The van der Waals surface area contributed by atoms with Crippen molar-refractivity contribution in [3.63, 3.8) is 0 Å². The summed E-state index contributed by atoms with van der Waals surface area (Å²) in [5, 5.41) is 6.08. The highest BCUT2D eigenvalue weighted by molar-refractivity contribution is 9.10. The summed E-state index contributed by atoms with van der Waals surface area (Å²) in [6, 6.07) is 2.48. The number of alkyl halides is 3. The quantitative estimate of drug-likeness (QED) is 0.779. The molecule has 0 radical (unpaired) electrons. The third-order valence-corrected chi connectivity index (χ3v) is 2.43. The van der Waals surface area contributed by atoms with E-state index in [0.717, 1.165) is 6.07 Å². The zero-order valence-electron chi connectivity index (χ0n) is 7.19. The van der Waals surface area contributed by atoms with Crippen LogP contribution in [0.15, 0.2) is 16.6 Å². The number of aromatic nitrogens is 2. The smallest absolute Gasteiger partial charge is 0.382 e. The summed E-state index contributed by atoms with van der Waals surface area (Å²) >= 11 is 3.00. The number of H-pyrrole nitrogens is 1. The molecule has 0 amide bonds. The Kier molecular flexibility index (Phi) is 2.14. The molecular weight excluding hydrogens is 275 g/mol. The number of rotatable bonds is 0. The highest BCUT2D eigenvalue weighted by Crippen LogP contribution is 2.37. The van der Waals surface area contributed by atoms with Crippen LogP contribution >= 0.6 is 15.9 Å². The molecule has 80 valence electrons. The molecule has 0 saturated carbocycles. The van der Waals surface area contributed by atoms with Gasteiger partial charge in [-0.1, -0.05) is 15.9 Å². The summed E-state index contributed by atoms with van der Waals surface area (Å²) in [5.74, 6) is 0.0526. The molecule has 1 heterocycles. The van der Waals surface area contributed by atoms with Gasteiger partial charge in [-0.15, -0.1) is 0 Å². The van der Waals surface area contributed by atoms with Gasteiger partial charge >= 0.3 is 6.18 Å². The summed E-state index contributed by atoms with van der Waals surface area (Å²) in [4.78, 5) is 0. The van der Waals surface area contributed by atoms with Crippen molar-refractivity contribution < 1.29 is 13.2 Å². The van der Waals surface area contributed by atoms with Gasteiger partial charge in [0.05, 0.1) is 11.1 Å². The van der Waals surface area contributed by atoms with E-state index in [1.807, 2.05) is 0 Å². The van der Waals surface area contributed by atoms with Gasteiger partial charge in [-0.2, -0.15) is 18.3 Å². The molecule has 0 spiro atoms. The third kappa shape index (κ3) is 1.67. The standard InChI is InChI=1S/C8H5BrF3N3/c9-3-1-4-6(14-15-7(4)13)5(2-3)8(10,11)12/h1-2H,(H3,13,14,15). The highest BCUT2D eigenvalue weighted by Gasteiger charge is 2.34. The highest BCUT2D eigenvalue weighted by atomic mass is 79.9. The number of nitrogens with zero attached hydrogens (tertiary/aromatic N) is 1. The van der Waals surface area contributed by atoms with Crippen molar-refractivity contribution in [2.75, 3.05) is 5.73 Å². The number of nitrogen functional groups attached to an aromatic ring is 1. The summed E-state index contributed by atoms with van der Waals surface area (Å²) in [7, 11) is 0. The maximum atomic E-state index is 12.6. The molecule has 2 aromatic rings. The molecule has 0 aliphatic heterocycles. The molecule has 1 aromatic carbocycles. The Bertz CT molecular complexity index is 518. The van der Waals surface area contributed by atoms with Crippen molar-refractivity contribution >= 4 is 32.7 Å². The van der Waals surface area contributed by atoms with Crippen LogP contribution in [0.25, 0.3) is 10.9 Å². The van der Waals surface area contributed by atoms with Crippen molar-refractivity contribution in [2.24, 2.45) is 0 Å². The van der Waals surface area contributed by atoms with E-state index in [9.17, 15) is 13.2 Å². The van der Waals surface area contributed by atoms with Crippen LogP contribution in [-0.4, -0.2) is 10.2 Å². The van der Waals surface area contributed by atoms with Crippen LogP contribution in [0.3, 0.4) is 0 Å². The van der Waals surface area contributed by atoms with Crippen LogP contribution in [0.4, 0.5) is 19.0 Å². The molecule has 0 aliphatic carbocycles. The zero-order chi connectivity index (χ0) is 11.2. The van der Waals surface area contributed by atoms with E-state index in [4.69, 9.17) is 5.73 Å². The fourth-order valence-electron chi connectivity index (χ4n) is 1.33. The molecule has 1 aromatic heterocycles. The Morgan fingerprint density at radius 2 is 2.00 bits per heavy atom. The third-order valence-electron chi connectivity index (χ3n) is 1.97. The first-order valence-electron chi connectivity index (χ1n) is 3.90. The second kappa shape index (κ2) is 3.13. The number of halogens is 4. The SMILES string of the molecule is Nc1n[nH]c2c(C(F)(F)F)cc(Br)cc12. The van der Waals surface area contributed by atoms with Crippen molar-refractivity contribution in [3.05, 3.63) is 22.2 Å². The van der Waals surface area contributed by atoms with Gasteiger partial charge in [0.1, 0.15) is 0 Å². The second-order valence-corrected chi connectivity index (χ2v) is 3.90. The maximum Gasteiger partial charge on any atom is 0.418 e. The van der Waals surface area contributed by atoms with E-state index in [1.165, 1.54) is 6.07 Å². The van der Waals surface area contributed by atoms with Gasteiger partial charge < -0.3 is 5.73 Å². The Balaban J connectivity index is 2.84. The number of fused-ring (bicyclic) bond motifs is 1. The van der Waals surface area contributed by atoms with Crippen LogP contribution in [0.2, 0.25) is 0 Å². The predicted octanol–water partition coefficient (Wildman–Crippen LogP) is 2.93. The number of aromatic amines is 1. The summed E-state index contributed by atoms with van der Waals surface area (Å²) in [6.45, 7) is 0. The minimum absolute atomic E-state index is 0.0526. The average molecular weight is 280 g/mol. The van der Waals surface area contributed by atoms with Crippen LogP contribution in [-0.2, 0) is 6.18 Å². The molecule has 7 heteroatoms. The van der Waals surface area contributed by atoms with Crippen LogP contribution in [0, 0.1) is 0 Å². The Morgan fingerprint density at radius 1 is 1.33 bits per heavy atom. The second-order valence-electron chi connectivity index (χ2n) is 2.98. The van der Waals surface area contributed by atoms with Gasteiger partial charge in [-0.25, -0.2) is 0 Å². The number of nitrogens with one attached hydrogen (secondary N) is 1. The predicted molar refractivity (Wildman–Crippen MR) is 53.2 cm³/mol. The number of anilines is 1. The first kappa shape index (κ1) is 10.3. The molecule has 3 nitrogen and oxygen atoms in total. The lowest BCUT2D eigenvalue weighted by molar-refractivity contribution is -0.136. The van der Waals surface area contributed by atoms with E-state index in [2.05, 4.69) is 26.1 Å². The van der Waals surface area contributed by atoms with Gasteiger partial charge in [0.15, 0.2) is 5.82 Å². The van der Waals surface area contributed by atoms with Crippen molar-refractivity contribution in [1.29, 1.82) is 0 Å². The zero-order valence-corrected chi connectivity index (χ0v) is 8.78. The van der Waals surface area contributed by atoms with Gasteiger partial charge in [0.2, 0.25) is 0 Å². The lowest BCUT2D eigenvalue weighted by Gasteiger charge is -2.07. The van der Waals surface area contributed by atoms with Gasteiger partial charge in [-0.3, -0.25) is 5.10 Å². The first-order valence-corrected chi connectivity index (χ1v) is 4.69. The topological polar surface area (TPSA) is 54.7 Å². The van der Waals surface area contributed by atoms with Crippen LogP contribution < -0.4 is 5.73 Å². The van der Waals surface area contributed by atoms with Crippen LogP contribution in [0.5, 0.6) is 0 Å². The molecule has 3 N–H and O–H groups in total. The largest absolute Gasteiger partial charge is 0.418 e. The number of hydrogen-bond donors (Lipinski definition) is 2. The van der Waals surface area contributed by atoms with Gasteiger partial charge in [-0.05, 0) is 12.1 Å². The summed E-state index contributed by atoms with van der Waals surface area (Å²) < 4.78 is 38.1.